The molecule has 23 heavy (non-hydrogen) atoms. The van der Waals surface area contributed by atoms with Crippen molar-refractivity contribution in [1.82, 2.24) is 9.88 Å². The van der Waals surface area contributed by atoms with E-state index in [2.05, 4.69) is 9.88 Å². The number of nitrogens with zero attached hydrogens (tertiary/aromatic N) is 3. The molecule has 0 aromatic carbocycles. The van der Waals surface area contributed by atoms with Gasteiger partial charge < -0.3 is 25.0 Å². The van der Waals surface area contributed by atoms with Gasteiger partial charge in [-0.3, -0.25) is 0 Å². The van der Waals surface area contributed by atoms with E-state index in [0.717, 1.165) is 11.4 Å². The average Bonchev–Trinajstić information content (AvgIpc) is 2.46. The Morgan fingerprint density at radius 2 is 1.87 bits per heavy atom. The third-order valence-electron chi connectivity index (χ3n) is 3.60. The molecule has 0 spiro atoms. The topological polar surface area (TPSA) is 80.9 Å². The first kappa shape index (κ1) is 17.2. The summed E-state index contributed by atoms with van der Waals surface area (Å²) in [7, 11) is 1.55. The maximum atomic E-state index is 12.1. The predicted molar refractivity (Wildman–Crippen MR) is 90.0 cm³/mol. The van der Waals surface area contributed by atoms with Crippen molar-refractivity contribution in [3.8, 4) is 5.88 Å². The number of pyridine rings is 1. The molecule has 1 aliphatic rings. The Balaban J connectivity index is 2.03. The number of hydrogen-bond donors (Lipinski definition) is 1. The summed E-state index contributed by atoms with van der Waals surface area (Å²) in [5, 5.41) is 0. The van der Waals surface area contributed by atoms with Gasteiger partial charge in [0.25, 0.3) is 0 Å². The molecule has 1 aromatic heterocycles. The van der Waals surface area contributed by atoms with Crippen molar-refractivity contribution in [2.24, 2.45) is 0 Å². The van der Waals surface area contributed by atoms with Crippen molar-refractivity contribution in [2.75, 3.05) is 43.9 Å². The Morgan fingerprint density at radius 1 is 1.26 bits per heavy atom. The highest BCUT2D eigenvalue weighted by molar-refractivity contribution is 5.69. The second-order valence-corrected chi connectivity index (χ2v) is 6.68. The standard InChI is InChI=1S/C16H26N4O3/c1-11-10-12(17)14(22-5)18-13(11)19-6-8-20(9-7-19)15(21)23-16(2,3)4/h10H,6-9,17H2,1-5H3. The number of methoxy groups -OCH3 is 1. The Bertz CT molecular complexity index is 575. The van der Waals surface area contributed by atoms with Crippen LogP contribution in [0, 0.1) is 6.92 Å². The lowest BCUT2D eigenvalue weighted by Crippen LogP contribution is -2.50. The number of hydrogen-bond acceptors (Lipinski definition) is 6. The zero-order valence-electron chi connectivity index (χ0n) is 14.5. The molecule has 2 rings (SSSR count). The molecule has 7 nitrogen and oxygen atoms in total. The summed E-state index contributed by atoms with van der Waals surface area (Å²) in [6.07, 6.45) is -0.267. The van der Waals surface area contributed by atoms with Gasteiger partial charge in [0, 0.05) is 26.2 Å². The number of nitrogen functional groups attached to an aromatic ring is 1. The third-order valence-corrected chi connectivity index (χ3v) is 3.60. The summed E-state index contributed by atoms with van der Waals surface area (Å²) in [6, 6.07) is 1.86. The molecule has 0 atom stereocenters. The van der Waals surface area contributed by atoms with Crippen LogP contribution in [0.4, 0.5) is 16.3 Å². The van der Waals surface area contributed by atoms with Gasteiger partial charge in [0.15, 0.2) is 0 Å². The second kappa shape index (κ2) is 6.52. The number of nitrogens with two attached hydrogens (primary N) is 1. The first-order valence-corrected chi connectivity index (χ1v) is 7.75. The molecule has 0 aliphatic carbocycles. The molecule has 1 fully saturated rings. The molecule has 1 aromatic rings. The molecule has 1 amide bonds. The number of aryl methyl sites for hydroxylation is 1. The summed E-state index contributed by atoms with van der Waals surface area (Å²) in [5.74, 6) is 1.28. The molecule has 0 radical (unpaired) electrons. The minimum absolute atomic E-state index is 0.267. The molecule has 0 unspecified atom stereocenters. The highest BCUT2D eigenvalue weighted by atomic mass is 16.6. The average molecular weight is 322 g/mol. The van der Waals surface area contributed by atoms with E-state index >= 15 is 0 Å². The zero-order valence-corrected chi connectivity index (χ0v) is 14.5. The van der Waals surface area contributed by atoms with Crippen molar-refractivity contribution in [3.05, 3.63) is 11.6 Å². The molecule has 0 saturated carbocycles. The van der Waals surface area contributed by atoms with Crippen molar-refractivity contribution in [3.63, 3.8) is 0 Å². The fourth-order valence-electron chi connectivity index (χ4n) is 2.52. The van der Waals surface area contributed by atoms with Gasteiger partial charge in [-0.1, -0.05) is 0 Å². The number of anilines is 2. The molecule has 7 heteroatoms. The fraction of sp³-hybridized carbons (Fsp3) is 0.625. The van der Waals surface area contributed by atoms with E-state index in [9.17, 15) is 4.79 Å². The van der Waals surface area contributed by atoms with Gasteiger partial charge in [0.05, 0.1) is 12.8 Å². The summed E-state index contributed by atoms with van der Waals surface area (Å²) in [4.78, 5) is 20.5. The van der Waals surface area contributed by atoms with Crippen LogP contribution in [0.3, 0.4) is 0 Å². The Kier molecular flexibility index (Phi) is 4.87. The summed E-state index contributed by atoms with van der Waals surface area (Å²) >= 11 is 0. The number of piperazine rings is 1. The van der Waals surface area contributed by atoms with Crippen LogP contribution in [-0.4, -0.2) is 54.9 Å². The van der Waals surface area contributed by atoms with E-state index in [4.69, 9.17) is 15.2 Å². The monoisotopic (exact) mass is 322 g/mol. The number of rotatable bonds is 2. The Hall–Kier alpha value is -2.18. The largest absolute Gasteiger partial charge is 0.479 e. The van der Waals surface area contributed by atoms with Crippen LogP contribution in [0.1, 0.15) is 26.3 Å². The van der Waals surface area contributed by atoms with Crippen molar-refractivity contribution in [2.45, 2.75) is 33.3 Å². The van der Waals surface area contributed by atoms with Crippen molar-refractivity contribution in [1.29, 1.82) is 0 Å². The first-order valence-electron chi connectivity index (χ1n) is 7.75. The lowest BCUT2D eigenvalue weighted by atomic mass is 10.2. The molecule has 1 aliphatic heterocycles. The second-order valence-electron chi connectivity index (χ2n) is 6.68. The third kappa shape index (κ3) is 4.18. The Morgan fingerprint density at radius 3 is 2.39 bits per heavy atom. The van der Waals surface area contributed by atoms with Crippen LogP contribution >= 0.6 is 0 Å². The van der Waals surface area contributed by atoms with Crippen LogP contribution in [0.2, 0.25) is 0 Å². The first-order chi connectivity index (χ1) is 10.7. The van der Waals surface area contributed by atoms with Gasteiger partial charge in [-0.2, -0.15) is 4.98 Å². The Labute approximate surface area is 137 Å². The van der Waals surface area contributed by atoms with Gasteiger partial charge in [0.2, 0.25) is 5.88 Å². The van der Waals surface area contributed by atoms with E-state index in [1.807, 2.05) is 33.8 Å². The van der Waals surface area contributed by atoms with E-state index < -0.39 is 5.60 Å². The maximum Gasteiger partial charge on any atom is 0.410 e. The van der Waals surface area contributed by atoms with Gasteiger partial charge in [-0.15, -0.1) is 0 Å². The predicted octanol–water partition coefficient (Wildman–Crippen LogP) is 2.04. The minimum atomic E-state index is -0.476. The van der Waals surface area contributed by atoms with E-state index in [-0.39, 0.29) is 6.09 Å². The van der Waals surface area contributed by atoms with Crippen LogP contribution in [0.5, 0.6) is 5.88 Å². The molecule has 2 heterocycles. The van der Waals surface area contributed by atoms with Crippen LogP contribution < -0.4 is 15.4 Å². The number of aromatic nitrogens is 1. The molecule has 2 N–H and O–H groups in total. The molecular weight excluding hydrogens is 296 g/mol. The lowest BCUT2D eigenvalue weighted by Gasteiger charge is -2.36. The summed E-state index contributed by atoms with van der Waals surface area (Å²) in [6.45, 7) is 10.2. The molecule has 1 saturated heterocycles. The van der Waals surface area contributed by atoms with E-state index in [0.29, 0.717) is 37.7 Å². The van der Waals surface area contributed by atoms with Crippen LogP contribution in [0.15, 0.2) is 6.07 Å². The highest BCUT2D eigenvalue weighted by Gasteiger charge is 2.27. The van der Waals surface area contributed by atoms with E-state index in [1.165, 1.54) is 0 Å². The number of carbonyl (C=O) groups is 1. The minimum Gasteiger partial charge on any atom is -0.479 e. The van der Waals surface area contributed by atoms with Gasteiger partial charge >= 0.3 is 6.09 Å². The SMILES string of the molecule is COc1nc(N2CCN(C(=O)OC(C)(C)C)CC2)c(C)cc1N. The smallest absolute Gasteiger partial charge is 0.410 e. The van der Waals surface area contributed by atoms with Crippen molar-refractivity contribution >= 4 is 17.6 Å². The fourth-order valence-corrected chi connectivity index (χ4v) is 2.52. The van der Waals surface area contributed by atoms with Gasteiger partial charge in [-0.25, -0.2) is 4.79 Å². The molecule has 0 bridgehead atoms. The quantitative estimate of drug-likeness (QED) is 0.897. The summed E-state index contributed by atoms with van der Waals surface area (Å²) in [5.41, 5.74) is 6.92. The van der Waals surface area contributed by atoms with Crippen LogP contribution in [-0.2, 0) is 4.74 Å². The summed E-state index contributed by atoms with van der Waals surface area (Å²) < 4.78 is 10.6. The van der Waals surface area contributed by atoms with Gasteiger partial charge in [0.1, 0.15) is 11.4 Å². The molecular formula is C16H26N4O3. The maximum absolute atomic E-state index is 12.1. The number of amides is 1. The number of ether oxygens (including phenoxy) is 2. The lowest BCUT2D eigenvalue weighted by molar-refractivity contribution is 0.0240. The molecule has 128 valence electrons. The van der Waals surface area contributed by atoms with E-state index in [1.54, 1.807) is 12.0 Å². The number of carbonyl (C=O) groups excluding carboxylic acids is 1. The van der Waals surface area contributed by atoms with Crippen molar-refractivity contribution < 1.29 is 14.3 Å². The normalized spacial score (nSPS) is 15.5. The zero-order chi connectivity index (χ0) is 17.2. The van der Waals surface area contributed by atoms with Crippen LogP contribution in [0.25, 0.3) is 0 Å². The van der Waals surface area contributed by atoms with Gasteiger partial charge in [-0.05, 0) is 39.3 Å². The highest BCUT2D eigenvalue weighted by Crippen LogP contribution is 2.27.